The molecule has 242 valence electrons. The molecule has 0 atom stereocenters. The second kappa shape index (κ2) is 13.7. The van der Waals surface area contributed by atoms with E-state index in [1.807, 2.05) is 30.3 Å². The van der Waals surface area contributed by atoms with Gasteiger partial charge in [-0.25, -0.2) is 17.9 Å². The Morgan fingerprint density at radius 1 is 0.957 bits per heavy atom. The number of anilines is 1. The molecule has 5 aromatic rings. The van der Waals surface area contributed by atoms with Crippen molar-refractivity contribution in [2.75, 3.05) is 12.4 Å². The van der Waals surface area contributed by atoms with Crippen LogP contribution in [0.4, 0.5) is 10.5 Å². The number of hydrogen-bond donors (Lipinski definition) is 2. The van der Waals surface area contributed by atoms with E-state index in [1.165, 1.54) is 13.2 Å². The summed E-state index contributed by atoms with van der Waals surface area (Å²) in [6.07, 6.45) is 9.50. The van der Waals surface area contributed by atoms with Crippen LogP contribution in [0.15, 0.2) is 96.3 Å². The van der Waals surface area contributed by atoms with Crippen LogP contribution < -0.4 is 14.8 Å². The molecule has 1 aliphatic carbocycles. The lowest BCUT2D eigenvalue weighted by Gasteiger charge is -2.13. The lowest BCUT2D eigenvalue weighted by Crippen LogP contribution is -2.31. The van der Waals surface area contributed by atoms with Crippen LogP contribution >= 0.6 is 0 Å². The fourth-order valence-electron chi connectivity index (χ4n) is 6.05. The molecule has 2 aromatic heterocycles. The molecule has 2 heterocycles. The number of aromatic nitrogens is 2. The number of hydrogen-bond acceptors (Lipinski definition) is 7. The second-order valence-electron chi connectivity index (χ2n) is 11.7. The summed E-state index contributed by atoms with van der Waals surface area (Å²) >= 11 is 0. The largest absolute Gasteiger partial charge is 0.496 e. The molecule has 0 bridgehead atoms. The Labute approximate surface area is 273 Å². The first-order valence-electron chi connectivity index (χ1n) is 15.5. The zero-order valence-corrected chi connectivity index (χ0v) is 27.0. The molecular weight excluding hydrogens is 616 g/mol. The highest BCUT2D eigenvalue weighted by Gasteiger charge is 2.23. The van der Waals surface area contributed by atoms with Gasteiger partial charge in [0.25, 0.3) is 15.9 Å². The number of carbonyl (C=O) groups excluding carboxylic acids is 2. The number of sulfonamides is 1. The van der Waals surface area contributed by atoms with Crippen molar-refractivity contribution in [2.45, 2.75) is 56.6 Å². The molecular formula is C36H36N4O6S. The van der Waals surface area contributed by atoms with Gasteiger partial charge >= 0.3 is 6.09 Å². The van der Waals surface area contributed by atoms with Crippen LogP contribution in [-0.4, -0.2) is 43.2 Å². The van der Waals surface area contributed by atoms with E-state index < -0.39 is 22.0 Å². The van der Waals surface area contributed by atoms with Crippen molar-refractivity contribution in [1.82, 2.24) is 14.3 Å². The smallest absolute Gasteiger partial charge is 0.411 e. The van der Waals surface area contributed by atoms with Gasteiger partial charge in [0.15, 0.2) is 0 Å². The highest BCUT2D eigenvalue weighted by atomic mass is 32.2. The lowest BCUT2D eigenvalue weighted by atomic mass is 10.0. The third kappa shape index (κ3) is 7.30. The van der Waals surface area contributed by atoms with Crippen molar-refractivity contribution in [3.8, 4) is 5.75 Å². The van der Waals surface area contributed by atoms with Crippen molar-refractivity contribution < 1.29 is 27.5 Å². The normalized spacial score (nSPS) is 13.4. The third-order valence-electron chi connectivity index (χ3n) is 8.40. The van der Waals surface area contributed by atoms with Gasteiger partial charge in [-0.05, 0) is 110 Å². The van der Waals surface area contributed by atoms with Crippen LogP contribution in [0.1, 0.15) is 58.3 Å². The molecule has 2 N–H and O–H groups in total. The molecule has 1 fully saturated rings. The molecule has 0 aliphatic heterocycles. The summed E-state index contributed by atoms with van der Waals surface area (Å²) in [6.45, 7) is 2.29. The fourth-order valence-corrected chi connectivity index (χ4v) is 7.27. The van der Waals surface area contributed by atoms with E-state index in [1.54, 1.807) is 55.7 Å². The topological polar surface area (TPSA) is 129 Å². The van der Waals surface area contributed by atoms with E-state index in [2.05, 4.69) is 25.8 Å². The van der Waals surface area contributed by atoms with Gasteiger partial charge in [0.1, 0.15) is 11.9 Å². The average molecular weight is 653 g/mol. The second-order valence-corrected chi connectivity index (χ2v) is 13.4. The number of ether oxygens (including phenoxy) is 2. The average Bonchev–Trinajstić information content (AvgIpc) is 3.68. The van der Waals surface area contributed by atoms with Gasteiger partial charge in [-0.2, -0.15) is 0 Å². The molecule has 0 saturated heterocycles. The predicted molar refractivity (Wildman–Crippen MR) is 179 cm³/mol. The maximum atomic E-state index is 13.2. The van der Waals surface area contributed by atoms with E-state index in [0.717, 1.165) is 53.3 Å². The van der Waals surface area contributed by atoms with E-state index >= 15 is 0 Å². The number of fused-ring (bicyclic) bond motifs is 1. The monoisotopic (exact) mass is 652 g/mol. The summed E-state index contributed by atoms with van der Waals surface area (Å²) in [5.41, 5.74) is 5.16. The van der Waals surface area contributed by atoms with Crippen LogP contribution in [0.3, 0.4) is 0 Å². The molecule has 47 heavy (non-hydrogen) atoms. The van der Waals surface area contributed by atoms with Crippen LogP contribution in [-0.2, 0) is 27.7 Å². The number of amides is 2. The molecule has 6 rings (SSSR count). The Morgan fingerprint density at radius 2 is 1.72 bits per heavy atom. The standard InChI is InChI=1S/C36H36N4O6S/c1-24-7-3-6-10-34(24)47(43,44)39-35(41)30-13-11-26(20-33(30)45-2)19-27-23-40(22-25-15-17-37-18-16-25)32-14-12-28(21-31(27)32)38-36(42)46-29-8-4-5-9-29/h3,6-7,10-18,20-21,23,29H,4-5,8-9,19,22H2,1-2H3,(H,38,42)(H,39,41). The third-order valence-corrected chi connectivity index (χ3v) is 9.89. The summed E-state index contributed by atoms with van der Waals surface area (Å²) < 4.78 is 41.4. The van der Waals surface area contributed by atoms with E-state index in [4.69, 9.17) is 9.47 Å². The van der Waals surface area contributed by atoms with Crippen LogP contribution in [0.25, 0.3) is 10.9 Å². The molecule has 0 spiro atoms. The van der Waals surface area contributed by atoms with Gasteiger partial charge in [-0.3, -0.25) is 15.1 Å². The van der Waals surface area contributed by atoms with Crippen molar-refractivity contribution in [1.29, 1.82) is 0 Å². The van der Waals surface area contributed by atoms with Crippen LogP contribution in [0.5, 0.6) is 5.75 Å². The van der Waals surface area contributed by atoms with Crippen molar-refractivity contribution in [2.24, 2.45) is 0 Å². The van der Waals surface area contributed by atoms with Gasteiger partial charge in [0, 0.05) is 41.7 Å². The molecule has 1 aliphatic rings. The highest BCUT2D eigenvalue weighted by Crippen LogP contribution is 2.30. The number of rotatable bonds is 10. The van der Waals surface area contributed by atoms with Crippen LogP contribution in [0.2, 0.25) is 0 Å². The SMILES string of the molecule is COc1cc(Cc2cn(Cc3ccncc3)c3ccc(NC(=O)OC4CCCC4)cc23)ccc1C(=O)NS(=O)(=O)c1ccccc1C. The molecule has 0 radical (unpaired) electrons. The minimum absolute atomic E-state index is 0.0350. The van der Waals surface area contributed by atoms with Crippen molar-refractivity contribution >= 4 is 38.6 Å². The van der Waals surface area contributed by atoms with Gasteiger partial charge in [0.05, 0.1) is 17.6 Å². The van der Waals surface area contributed by atoms with Crippen molar-refractivity contribution in [3.63, 3.8) is 0 Å². The number of carbonyl (C=O) groups is 2. The number of nitrogens with zero attached hydrogens (tertiary/aromatic N) is 2. The summed E-state index contributed by atoms with van der Waals surface area (Å²) in [5.74, 6) is -0.539. The molecule has 10 nitrogen and oxygen atoms in total. The minimum Gasteiger partial charge on any atom is -0.496 e. The van der Waals surface area contributed by atoms with Crippen LogP contribution in [0, 0.1) is 6.92 Å². The molecule has 0 unspecified atom stereocenters. The van der Waals surface area contributed by atoms with Crippen molar-refractivity contribution in [3.05, 3.63) is 119 Å². The van der Waals surface area contributed by atoms with Gasteiger partial charge in [-0.1, -0.05) is 24.3 Å². The number of benzene rings is 3. The zero-order chi connectivity index (χ0) is 33.0. The Morgan fingerprint density at radius 3 is 2.47 bits per heavy atom. The fraction of sp³-hybridized carbons (Fsp3) is 0.250. The Kier molecular flexibility index (Phi) is 9.26. The lowest BCUT2D eigenvalue weighted by molar-refractivity contribution is 0.0978. The molecule has 2 amide bonds. The maximum Gasteiger partial charge on any atom is 0.411 e. The van der Waals surface area contributed by atoms with Gasteiger partial charge in [0.2, 0.25) is 0 Å². The molecule has 11 heteroatoms. The Bertz CT molecular complexity index is 2040. The van der Waals surface area contributed by atoms with E-state index in [-0.39, 0.29) is 22.3 Å². The minimum atomic E-state index is -4.09. The first kappa shape index (κ1) is 31.8. The Balaban J connectivity index is 1.28. The summed E-state index contributed by atoms with van der Waals surface area (Å²) in [7, 11) is -2.65. The summed E-state index contributed by atoms with van der Waals surface area (Å²) in [5, 5.41) is 3.84. The van der Waals surface area contributed by atoms with E-state index in [0.29, 0.717) is 24.2 Å². The number of nitrogens with one attached hydrogen (secondary N) is 2. The molecule has 3 aromatic carbocycles. The Hall–Kier alpha value is -5.16. The quantitative estimate of drug-likeness (QED) is 0.174. The van der Waals surface area contributed by atoms with Gasteiger partial charge in [-0.15, -0.1) is 0 Å². The first-order chi connectivity index (χ1) is 22.7. The number of pyridine rings is 1. The summed E-state index contributed by atoms with van der Waals surface area (Å²) in [4.78, 5) is 30.0. The zero-order valence-electron chi connectivity index (χ0n) is 26.2. The van der Waals surface area contributed by atoms with Gasteiger partial charge < -0.3 is 14.0 Å². The summed E-state index contributed by atoms with van der Waals surface area (Å²) in [6, 6.07) is 21.3. The number of methoxy groups -OCH3 is 1. The van der Waals surface area contributed by atoms with E-state index in [9.17, 15) is 18.0 Å². The predicted octanol–water partition coefficient (Wildman–Crippen LogP) is 6.60. The maximum absolute atomic E-state index is 13.2. The number of aryl methyl sites for hydroxylation is 1. The first-order valence-corrected chi connectivity index (χ1v) is 17.0. The molecule has 1 saturated carbocycles. The highest BCUT2D eigenvalue weighted by molar-refractivity contribution is 7.90.